The summed E-state index contributed by atoms with van der Waals surface area (Å²) in [6.07, 6.45) is 2.84. The highest BCUT2D eigenvalue weighted by atomic mass is 32.2. The molecule has 0 N–H and O–H groups in total. The minimum Gasteiger partial charge on any atom is -0.459 e. The summed E-state index contributed by atoms with van der Waals surface area (Å²) in [5, 5.41) is 3.63. The van der Waals surface area contributed by atoms with Crippen molar-refractivity contribution >= 4 is 29.1 Å². The van der Waals surface area contributed by atoms with Gasteiger partial charge in [-0.3, -0.25) is 4.79 Å². The Balaban J connectivity index is 1.53. The van der Waals surface area contributed by atoms with E-state index in [-0.39, 0.29) is 12.6 Å². The number of rotatable bonds is 7. The van der Waals surface area contributed by atoms with Crippen LogP contribution in [0.2, 0.25) is 0 Å². The highest BCUT2D eigenvalue weighted by Crippen LogP contribution is 2.24. The number of thioether (sulfide) groups is 1. The lowest BCUT2D eigenvalue weighted by Crippen LogP contribution is -2.09. The Bertz CT molecular complexity index is 945. The first-order valence-electron chi connectivity index (χ1n) is 9.01. The summed E-state index contributed by atoms with van der Waals surface area (Å²) < 4.78 is 5.40. The number of aromatic nitrogens is 3. The summed E-state index contributed by atoms with van der Waals surface area (Å²) in [4.78, 5) is 25.6. The fourth-order valence-electron chi connectivity index (χ4n) is 2.82. The third-order valence-electron chi connectivity index (χ3n) is 4.39. The van der Waals surface area contributed by atoms with Crippen LogP contribution < -0.4 is 0 Å². The molecule has 3 aromatic rings. The number of aryl methyl sites for hydroxylation is 3. The van der Waals surface area contributed by atoms with Gasteiger partial charge in [0.2, 0.25) is 0 Å². The number of carbonyl (C=O) groups is 1. The van der Waals surface area contributed by atoms with Crippen LogP contribution in [-0.4, -0.2) is 27.2 Å². The number of carbonyl (C=O) groups excluding carboxylic acids is 1. The van der Waals surface area contributed by atoms with Crippen molar-refractivity contribution in [2.24, 2.45) is 0 Å². The number of nitrogens with zero attached hydrogens (tertiary/aromatic N) is 3. The Morgan fingerprint density at radius 2 is 1.75 bits per heavy atom. The van der Waals surface area contributed by atoms with Crippen LogP contribution in [0, 0.1) is 20.8 Å². The number of thiazole rings is 1. The molecule has 0 fully saturated rings. The minimum absolute atomic E-state index is 0.196. The van der Waals surface area contributed by atoms with Crippen molar-refractivity contribution in [2.75, 3.05) is 6.26 Å². The predicted molar refractivity (Wildman–Crippen MR) is 114 cm³/mol. The molecule has 0 amide bonds. The maximum Gasteiger partial charge on any atom is 0.306 e. The Labute approximate surface area is 173 Å². The molecular weight excluding hydrogens is 390 g/mol. The van der Waals surface area contributed by atoms with Gasteiger partial charge in [0.25, 0.3) is 0 Å². The fraction of sp³-hybridized carbons (Fsp3) is 0.333. The summed E-state index contributed by atoms with van der Waals surface area (Å²) in [5.74, 6) is -0.238. The number of esters is 1. The third-order valence-corrected chi connectivity index (χ3v) is 5.88. The zero-order valence-electron chi connectivity index (χ0n) is 16.5. The molecule has 0 radical (unpaired) electrons. The fourth-order valence-corrected chi connectivity index (χ4v) is 4.08. The largest absolute Gasteiger partial charge is 0.459 e. The first kappa shape index (κ1) is 20.5. The summed E-state index contributed by atoms with van der Waals surface area (Å²) >= 11 is 3.07. The second-order valence-electron chi connectivity index (χ2n) is 6.53. The van der Waals surface area contributed by atoms with Gasteiger partial charge < -0.3 is 4.74 Å². The van der Waals surface area contributed by atoms with Gasteiger partial charge in [0.15, 0.2) is 5.16 Å². The van der Waals surface area contributed by atoms with Crippen molar-refractivity contribution in [3.63, 3.8) is 0 Å². The van der Waals surface area contributed by atoms with Gasteiger partial charge in [0.1, 0.15) is 11.6 Å². The molecule has 0 bridgehead atoms. The Morgan fingerprint density at radius 3 is 2.39 bits per heavy atom. The average molecular weight is 414 g/mol. The average Bonchev–Trinajstić information content (AvgIpc) is 3.15. The summed E-state index contributed by atoms with van der Waals surface area (Å²) in [6, 6.07) is 8.24. The Kier molecular flexibility index (Phi) is 6.80. The molecule has 0 aliphatic heterocycles. The highest BCUT2D eigenvalue weighted by Gasteiger charge is 2.12. The third kappa shape index (κ3) is 5.17. The van der Waals surface area contributed by atoms with Crippen LogP contribution in [0.5, 0.6) is 0 Å². The van der Waals surface area contributed by atoms with Crippen molar-refractivity contribution in [2.45, 2.75) is 45.4 Å². The zero-order chi connectivity index (χ0) is 20.1. The monoisotopic (exact) mass is 413 g/mol. The van der Waals surface area contributed by atoms with Crippen LogP contribution >= 0.6 is 23.1 Å². The molecule has 0 aliphatic rings. The lowest BCUT2D eigenvalue weighted by molar-refractivity contribution is -0.145. The van der Waals surface area contributed by atoms with E-state index >= 15 is 0 Å². The highest BCUT2D eigenvalue weighted by molar-refractivity contribution is 7.98. The van der Waals surface area contributed by atoms with E-state index in [9.17, 15) is 4.79 Å². The molecule has 5 nitrogen and oxygen atoms in total. The van der Waals surface area contributed by atoms with Crippen LogP contribution in [0.15, 0.2) is 34.8 Å². The molecule has 0 atom stereocenters. The van der Waals surface area contributed by atoms with Crippen LogP contribution in [-0.2, 0) is 22.6 Å². The van der Waals surface area contributed by atoms with Crippen molar-refractivity contribution in [3.8, 4) is 10.6 Å². The van der Waals surface area contributed by atoms with Crippen LogP contribution in [0.1, 0.15) is 34.6 Å². The SMILES string of the molecule is CSc1nc(C)c(CCC(=O)OCc2csc(-c3ccc(C)cc3)n2)c(C)n1. The van der Waals surface area contributed by atoms with E-state index in [1.807, 2.05) is 25.5 Å². The summed E-state index contributed by atoms with van der Waals surface area (Å²) in [7, 11) is 0. The molecule has 2 aromatic heterocycles. The van der Waals surface area contributed by atoms with Crippen molar-refractivity contribution in [1.29, 1.82) is 0 Å². The van der Waals surface area contributed by atoms with Crippen LogP contribution in [0.4, 0.5) is 0 Å². The molecule has 0 spiro atoms. The molecule has 7 heteroatoms. The van der Waals surface area contributed by atoms with Gasteiger partial charge in [-0.2, -0.15) is 0 Å². The zero-order valence-corrected chi connectivity index (χ0v) is 18.1. The van der Waals surface area contributed by atoms with E-state index in [2.05, 4.69) is 46.1 Å². The van der Waals surface area contributed by atoms with Gasteiger partial charge in [-0.15, -0.1) is 11.3 Å². The molecule has 0 unspecified atom stereocenters. The van der Waals surface area contributed by atoms with Crippen molar-refractivity contribution < 1.29 is 9.53 Å². The minimum atomic E-state index is -0.238. The van der Waals surface area contributed by atoms with E-state index in [1.54, 1.807) is 11.3 Å². The van der Waals surface area contributed by atoms with E-state index in [0.29, 0.717) is 12.8 Å². The molecular formula is C21H23N3O2S2. The Morgan fingerprint density at radius 1 is 1.07 bits per heavy atom. The molecule has 1 aromatic carbocycles. The number of benzene rings is 1. The number of hydrogen-bond donors (Lipinski definition) is 0. The maximum absolute atomic E-state index is 12.2. The second kappa shape index (κ2) is 9.30. The summed E-state index contributed by atoms with van der Waals surface area (Å²) in [5.41, 5.74) is 5.93. The molecule has 146 valence electrons. The van der Waals surface area contributed by atoms with Crippen LogP contribution in [0.25, 0.3) is 10.6 Å². The first-order chi connectivity index (χ1) is 13.5. The number of hydrogen-bond acceptors (Lipinski definition) is 7. The van der Waals surface area contributed by atoms with Gasteiger partial charge in [0.05, 0.1) is 5.69 Å². The molecule has 0 saturated carbocycles. The molecule has 28 heavy (non-hydrogen) atoms. The standard InChI is InChI=1S/C21H23N3O2S2/c1-13-5-7-16(8-6-13)20-24-17(12-28-20)11-26-19(25)10-9-18-14(2)22-21(27-4)23-15(18)3/h5-8,12H,9-11H2,1-4H3. The predicted octanol–water partition coefficient (Wildman–Crippen LogP) is 4.92. The van der Waals surface area contributed by atoms with Gasteiger partial charge in [-0.1, -0.05) is 41.6 Å². The van der Waals surface area contributed by atoms with E-state index < -0.39 is 0 Å². The van der Waals surface area contributed by atoms with E-state index in [1.165, 1.54) is 17.3 Å². The Hall–Kier alpha value is -2.25. The van der Waals surface area contributed by atoms with Gasteiger partial charge >= 0.3 is 5.97 Å². The topological polar surface area (TPSA) is 65.0 Å². The van der Waals surface area contributed by atoms with E-state index in [0.717, 1.165) is 38.4 Å². The van der Waals surface area contributed by atoms with Crippen LogP contribution in [0.3, 0.4) is 0 Å². The van der Waals surface area contributed by atoms with Gasteiger partial charge in [-0.25, -0.2) is 15.0 Å². The lowest BCUT2D eigenvalue weighted by Gasteiger charge is -2.09. The molecule has 3 rings (SSSR count). The van der Waals surface area contributed by atoms with Gasteiger partial charge in [0, 0.05) is 28.8 Å². The van der Waals surface area contributed by atoms with Gasteiger partial charge in [-0.05, 0) is 39.0 Å². The number of ether oxygens (including phenoxy) is 1. The molecule has 0 saturated heterocycles. The smallest absolute Gasteiger partial charge is 0.306 e. The normalized spacial score (nSPS) is 10.9. The molecule has 0 aliphatic carbocycles. The second-order valence-corrected chi connectivity index (χ2v) is 8.16. The van der Waals surface area contributed by atoms with Crippen molar-refractivity contribution in [3.05, 3.63) is 57.9 Å². The lowest BCUT2D eigenvalue weighted by atomic mass is 10.1. The first-order valence-corrected chi connectivity index (χ1v) is 11.1. The maximum atomic E-state index is 12.2. The quantitative estimate of drug-likeness (QED) is 0.311. The summed E-state index contributed by atoms with van der Waals surface area (Å²) in [6.45, 7) is 6.16. The van der Waals surface area contributed by atoms with Crippen molar-refractivity contribution in [1.82, 2.24) is 15.0 Å². The molecule has 2 heterocycles. The van der Waals surface area contributed by atoms with E-state index in [4.69, 9.17) is 4.74 Å².